The molecular formula is C22H28N4O2. The van der Waals surface area contributed by atoms with Gasteiger partial charge in [0.15, 0.2) is 5.76 Å². The van der Waals surface area contributed by atoms with Gasteiger partial charge in [-0.3, -0.25) is 4.79 Å². The number of carbonyl (C=O) groups is 1. The lowest BCUT2D eigenvalue weighted by molar-refractivity contribution is 0.0673. The van der Waals surface area contributed by atoms with E-state index < -0.39 is 0 Å². The third-order valence-corrected chi connectivity index (χ3v) is 5.49. The molecular weight excluding hydrogens is 352 g/mol. The number of benzene rings is 1. The van der Waals surface area contributed by atoms with Crippen LogP contribution in [0.15, 0.2) is 41.1 Å². The van der Waals surface area contributed by atoms with E-state index in [0.717, 1.165) is 54.8 Å². The first-order valence-electron chi connectivity index (χ1n) is 9.96. The van der Waals surface area contributed by atoms with Crippen LogP contribution in [-0.4, -0.2) is 59.0 Å². The number of carbonyl (C=O) groups excluding carboxylic acids is 1. The fraction of sp³-hybridized carbons (Fsp3) is 0.455. The van der Waals surface area contributed by atoms with Crippen molar-refractivity contribution in [2.45, 2.75) is 32.2 Å². The molecule has 1 aliphatic rings. The number of amides is 1. The van der Waals surface area contributed by atoms with Crippen LogP contribution in [0.25, 0.3) is 11.0 Å². The Morgan fingerprint density at radius 3 is 3.00 bits per heavy atom. The van der Waals surface area contributed by atoms with Crippen LogP contribution in [0, 0.1) is 6.92 Å². The number of fused-ring (bicyclic) bond motifs is 1. The Kier molecular flexibility index (Phi) is 5.22. The van der Waals surface area contributed by atoms with E-state index >= 15 is 0 Å². The predicted molar refractivity (Wildman–Crippen MR) is 110 cm³/mol. The molecule has 1 saturated heterocycles. The molecule has 1 atom stereocenters. The van der Waals surface area contributed by atoms with Crippen LogP contribution < -0.4 is 0 Å². The van der Waals surface area contributed by atoms with E-state index in [-0.39, 0.29) is 11.8 Å². The highest BCUT2D eigenvalue weighted by Gasteiger charge is 2.29. The smallest absolute Gasteiger partial charge is 0.289 e. The fourth-order valence-electron chi connectivity index (χ4n) is 3.97. The summed E-state index contributed by atoms with van der Waals surface area (Å²) in [7, 11) is 4.15. The number of likely N-dealkylation sites (tertiary alicyclic amines) is 1. The molecule has 2 aromatic heterocycles. The molecule has 28 heavy (non-hydrogen) atoms. The Labute approximate surface area is 165 Å². The minimum absolute atomic E-state index is 0.0232. The summed E-state index contributed by atoms with van der Waals surface area (Å²) in [6.45, 7) is 5.38. The number of nitrogens with zero attached hydrogens (tertiary/aromatic N) is 4. The zero-order valence-corrected chi connectivity index (χ0v) is 16.9. The molecule has 0 bridgehead atoms. The van der Waals surface area contributed by atoms with Gasteiger partial charge in [0.2, 0.25) is 0 Å². The summed E-state index contributed by atoms with van der Waals surface area (Å²) in [5.41, 5.74) is 1.93. The van der Waals surface area contributed by atoms with E-state index in [0.29, 0.717) is 12.3 Å². The van der Waals surface area contributed by atoms with E-state index in [2.05, 4.69) is 34.6 Å². The zero-order chi connectivity index (χ0) is 19.7. The normalized spacial score (nSPS) is 17.6. The molecule has 6 nitrogen and oxygen atoms in total. The maximum absolute atomic E-state index is 13.1. The number of aromatic nitrogens is 2. The SMILES string of the molecule is Cc1ccc2oc(C(=O)N3CCC[C@H](c4nccn4CCN(C)C)C3)cc2c1. The Morgan fingerprint density at radius 1 is 1.32 bits per heavy atom. The van der Waals surface area contributed by atoms with Crippen LogP contribution in [0.4, 0.5) is 0 Å². The van der Waals surface area contributed by atoms with Gasteiger partial charge in [0.05, 0.1) is 0 Å². The van der Waals surface area contributed by atoms with Gasteiger partial charge in [0.25, 0.3) is 5.91 Å². The van der Waals surface area contributed by atoms with Crippen LogP contribution >= 0.6 is 0 Å². The molecule has 0 aliphatic carbocycles. The topological polar surface area (TPSA) is 54.5 Å². The van der Waals surface area contributed by atoms with Crippen molar-refractivity contribution in [3.63, 3.8) is 0 Å². The molecule has 1 aromatic carbocycles. The molecule has 1 aliphatic heterocycles. The van der Waals surface area contributed by atoms with Crippen molar-refractivity contribution >= 4 is 16.9 Å². The number of hydrogen-bond donors (Lipinski definition) is 0. The number of piperidine rings is 1. The number of likely N-dealkylation sites (N-methyl/N-ethyl adjacent to an activating group) is 1. The minimum atomic E-state index is -0.0232. The van der Waals surface area contributed by atoms with E-state index in [1.54, 1.807) is 0 Å². The minimum Gasteiger partial charge on any atom is -0.451 e. The third-order valence-electron chi connectivity index (χ3n) is 5.49. The van der Waals surface area contributed by atoms with Crippen LogP contribution in [-0.2, 0) is 6.54 Å². The molecule has 1 amide bonds. The summed E-state index contributed by atoms with van der Waals surface area (Å²) in [5.74, 6) is 1.75. The lowest BCUT2D eigenvalue weighted by Gasteiger charge is -2.32. The predicted octanol–water partition coefficient (Wildman–Crippen LogP) is 3.52. The number of imidazole rings is 1. The summed E-state index contributed by atoms with van der Waals surface area (Å²) in [6.07, 6.45) is 5.95. The van der Waals surface area contributed by atoms with Crippen molar-refractivity contribution in [2.24, 2.45) is 0 Å². The van der Waals surface area contributed by atoms with Gasteiger partial charge >= 0.3 is 0 Å². The van der Waals surface area contributed by atoms with Crippen molar-refractivity contribution in [1.82, 2.24) is 19.4 Å². The van der Waals surface area contributed by atoms with E-state index in [1.807, 2.05) is 42.4 Å². The van der Waals surface area contributed by atoms with Gasteiger partial charge in [-0.15, -0.1) is 0 Å². The van der Waals surface area contributed by atoms with Crippen LogP contribution in [0.5, 0.6) is 0 Å². The second-order valence-corrected chi connectivity index (χ2v) is 8.02. The highest BCUT2D eigenvalue weighted by molar-refractivity contribution is 5.96. The van der Waals surface area contributed by atoms with Crippen molar-refractivity contribution < 1.29 is 9.21 Å². The quantitative estimate of drug-likeness (QED) is 0.680. The largest absolute Gasteiger partial charge is 0.451 e. The lowest BCUT2D eigenvalue weighted by Crippen LogP contribution is -2.39. The molecule has 0 N–H and O–H groups in total. The van der Waals surface area contributed by atoms with Crippen molar-refractivity contribution in [2.75, 3.05) is 33.7 Å². The van der Waals surface area contributed by atoms with Gasteiger partial charge in [-0.05, 0) is 52.1 Å². The summed E-state index contributed by atoms with van der Waals surface area (Å²) >= 11 is 0. The fourth-order valence-corrected chi connectivity index (χ4v) is 3.97. The van der Waals surface area contributed by atoms with Crippen molar-refractivity contribution in [3.8, 4) is 0 Å². The molecule has 0 unspecified atom stereocenters. The second kappa shape index (κ2) is 7.80. The Hall–Kier alpha value is -2.60. The molecule has 0 radical (unpaired) electrons. The number of furan rings is 1. The first-order valence-corrected chi connectivity index (χ1v) is 9.96. The maximum Gasteiger partial charge on any atom is 0.289 e. The number of hydrogen-bond acceptors (Lipinski definition) is 4. The summed E-state index contributed by atoms with van der Waals surface area (Å²) < 4.78 is 8.06. The van der Waals surface area contributed by atoms with Crippen molar-refractivity contribution in [1.29, 1.82) is 0 Å². The summed E-state index contributed by atoms with van der Waals surface area (Å²) in [5, 5.41) is 0.983. The molecule has 0 saturated carbocycles. The van der Waals surface area contributed by atoms with Gasteiger partial charge in [-0.1, -0.05) is 11.6 Å². The summed E-state index contributed by atoms with van der Waals surface area (Å²) in [4.78, 5) is 21.8. The van der Waals surface area contributed by atoms with Gasteiger partial charge in [0, 0.05) is 49.9 Å². The third kappa shape index (κ3) is 3.83. The second-order valence-electron chi connectivity index (χ2n) is 8.02. The molecule has 0 spiro atoms. The molecule has 4 rings (SSSR count). The first kappa shape index (κ1) is 18.7. The van der Waals surface area contributed by atoms with Gasteiger partial charge < -0.3 is 18.8 Å². The van der Waals surface area contributed by atoms with Crippen LogP contribution in [0.1, 0.15) is 40.7 Å². The van der Waals surface area contributed by atoms with Gasteiger partial charge in [-0.25, -0.2) is 4.98 Å². The van der Waals surface area contributed by atoms with Gasteiger partial charge in [-0.2, -0.15) is 0 Å². The van der Waals surface area contributed by atoms with Crippen molar-refractivity contribution in [3.05, 3.63) is 53.8 Å². The van der Waals surface area contributed by atoms with E-state index in [4.69, 9.17) is 4.42 Å². The lowest BCUT2D eigenvalue weighted by atomic mass is 9.97. The highest BCUT2D eigenvalue weighted by Crippen LogP contribution is 2.28. The van der Waals surface area contributed by atoms with E-state index in [9.17, 15) is 4.79 Å². The van der Waals surface area contributed by atoms with Crippen LogP contribution in [0.3, 0.4) is 0 Å². The monoisotopic (exact) mass is 380 g/mol. The first-order chi connectivity index (χ1) is 13.5. The number of rotatable bonds is 5. The zero-order valence-electron chi connectivity index (χ0n) is 16.9. The molecule has 6 heteroatoms. The maximum atomic E-state index is 13.1. The molecule has 3 aromatic rings. The Bertz CT molecular complexity index is 972. The Morgan fingerprint density at radius 2 is 2.18 bits per heavy atom. The highest BCUT2D eigenvalue weighted by atomic mass is 16.3. The molecule has 3 heterocycles. The van der Waals surface area contributed by atoms with Crippen LogP contribution in [0.2, 0.25) is 0 Å². The Balaban J connectivity index is 1.50. The standard InChI is InChI=1S/C22H28N4O2/c1-16-6-7-19-18(13-16)14-20(28-19)22(27)26-9-4-5-17(15-26)21-23-8-10-25(21)12-11-24(2)3/h6-8,10,13-14,17H,4-5,9,11-12,15H2,1-3H3/t17-/m0/s1. The molecule has 148 valence electrons. The summed E-state index contributed by atoms with van der Waals surface area (Å²) in [6, 6.07) is 7.86. The van der Waals surface area contributed by atoms with E-state index in [1.165, 1.54) is 0 Å². The number of aryl methyl sites for hydroxylation is 1. The van der Waals surface area contributed by atoms with Gasteiger partial charge in [0.1, 0.15) is 11.4 Å². The average Bonchev–Trinajstić information content (AvgIpc) is 3.32. The average molecular weight is 380 g/mol. The molecule has 1 fully saturated rings.